The molecule has 1 aliphatic heterocycles. The predicted octanol–water partition coefficient (Wildman–Crippen LogP) is 2.23. The first-order valence-electron chi connectivity index (χ1n) is 5.86. The summed E-state index contributed by atoms with van der Waals surface area (Å²) in [4.78, 5) is 2.06. The molecule has 1 fully saturated rings. The second-order valence-electron chi connectivity index (χ2n) is 4.51. The minimum Gasteiger partial charge on any atom is -0.495 e. The molecule has 1 aromatic rings. The third-order valence-electron chi connectivity index (χ3n) is 3.15. The van der Waals surface area contributed by atoms with E-state index in [1.807, 2.05) is 0 Å². The molecule has 1 saturated heterocycles. The van der Waals surface area contributed by atoms with E-state index in [1.165, 1.54) is 7.11 Å². The zero-order valence-electron chi connectivity index (χ0n) is 10.5. The first-order chi connectivity index (χ1) is 8.91. The number of hydrogen-bond donors (Lipinski definition) is 0. The van der Waals surface area contributed by atoms with Crippen molar-refractivity contribution in [1.82, 2.24) is 4.90 Å². The Morgan fingerprint density at radius 1 is 1.21 bits per heavy atom. The summed E-state index contributed by atoms with van der Waals surface area (Å²) in [5.41, 5.74) is 0.881. The Morgan fingerprint density at radius 3 is 2.42 bits per heavy atom. The van der Waals surface area contributed by atoms with Gasteiger partial charge in [-0.05, 0) is 11.6 Å². The van der Waals surface area contributed by atoms with Gasteiger partial charge >= 0.3 is 0 Å². The lowest BCUT2D eigenvalue weighted by Gasteiger charge is -2.27. The number of sulfone groups is 1. The Hall–Kier alpha value is -0.490. The maximum atomic E-state index is 11.4. The molecule has 2 rings (SSSR count). The highest BCUT2D eigenvalue weighted by molar-refractivity contribution is 7.91. The van der Waals surface area contributed by atoms with Gasteiger partial charge in [0.25, 0.3) is 0 Å². The summed E-state index contributed by atoms with van der Waals surface area (Å²) in [5.74, 6) is 0.944. The van der Waals surface area contributed by atoms with E-state index in [0.717, 1.165) is 5.56 Å². The van der Waals surface area contributed by atoms with Crippen molar-refractivity contribution in [3.63, 3.8) is 0 Å². The monoisotopic (exact) mass is 323 g/mol. The van der Waals surface area contributed by atoms with Gasteiger partial charge in [0.2, 0.25) is 0 Å². The van der Waals surface area contributed by atoms with Crippen LogP contribution in [0.3, 0.4) is 0 Å². The Kier molecular flexibility index (Phi) is 4.61. The molecule has 0 bridgehead atoms. The fourth-order valence-electron chi connectivity index (χ4n) is 2.00. The van der Waals surface area contributed by atoms with Crippen molar-refractivity contribution < 1.29 is 13.2 Å². The van der Waals surface area contributed by atoms with Crippen LogP contribution in [0.15, 0.2) is 12.1 Å². The fraction of sp³-hybridized carbons (Fsp3) is 0.500. The Bertz CT molecular complexity index is 561. The van der Waals surface area contributed by atoms with Crippen LogP contribution in [0.4, 0.5) is 0 Å². The average molecular weight is 324 g/mol. The number of benzene rings is 1. The molecule has 0 N–H and O–H groups in total. The molecule has 0 atom stereocenters. The number of hydrogen-bond acceptors (Lipinski definition) is 4. The van der Waals surface area contributed by atoms with Gasteiger partial charge < -0.3 is 4.74 Å². The van der Waals surface area contributed by atoms with Gasteiger partial charge in [0.05, 0.1) is 23.6 Å². The molecule has 0 aliphatic carbocycles. The normalized spacial score (nSPS) is 19.3. The first kappa shape index (κ1) is 14.9. The van der Waals surface area contributed by atoms with E-state index in [-0.39, 0.29) is 11.5 Å². The van der Waals surface area contributed by atoms with Crippen LogP contribution in [0.25, 0.3) is 0 Å². The van der Waals surface area contributed by atoms with E-state index in [4.69, 9.17) is 27.9 Å². The molecule has 7 heteroatoms. The number of ether oxygens (including phenoxy) is 1. The average Bonchev–Trinajstić information content (AvgIpc) is 2.36. The van der Waals surface area contributed by atoms with Crippen LogP contribution >= 0.6 is 23.2 Å². The quantitative estimate of drug-likeness (QED) is 0.855. The molecule has 1 aliphatic rings. The molecule has 0 unspecified atom stereocenters. The van der Waals surface area contributed by atoms with Crippen LogP contribution in [0, 0.1) is 0 Å². The third kappa shape index (κ3) is 3.75. The standard InChI is InChI=1S/C12H15Cl2NO3S/c1-18-12-7-10(13)9(6-11(12)14)8-15-2-4-19(16,17)5-3-15/h6-7H,2-5,8H2,1H3. The number of halogens is 2. The summed E-state index contributed by atoms with van der Waals surface area (Å²) in [5, 5.41) is 1.08. The SMILES string of the molecule is COc1cc(Cl)c(CN2CCS(=O)(=O)CC2)cc1Cl. The highest BCUT2D eigenvalue weighted by Crippen LogP contribution is 2.31. The van der Waals surface area contributed by atoms with Crippen molar-refractivity contribution in [2.45, 2.75) is 6.54 Å². The van der Waals surface area contributed by atoms with E-state index < -0.39 is 9.84 Å². The van der Waals surface area contributed by atoms with Gasteiger partial charge in [0, 0.05) is 30.7 Å². The molecule has 1 aromatic carbocycles. The van der Waals surface area contributed by atoms with Crippen LogP contribution in [0.5, 0.6) is 5.75 Å². The summed E-state index contributed by atoms with van der Waals surface area (Å²) in [7, 11) is -1.32. The lowest BCUT2D eigenvalue weighted by atomic mass is 10.2. The molecule has 0 radical (unpaired) electrons. The van der Waals surface area contributed by atoms with Crippen LogP contribution in [-0.2, 0) is 16.4 Å². The molecule has 0 amide bonds. The second-order valence-corrected chi connectivity index (χ2v) is 7.62. The molecule has 0 spiro atoms. The van der Waals surface area contributed by atoms with Gasteiger partial charge in [0.15, 0.2) is 9.84 Å². The summed E-state index contributed by atoms with van der Waals surface area (Å²) in [6, 6.07) is 3.45. The zero-order valence-corrected chi connectivity index (χ0v) is 12.9. The molecular weight excluding hydrogens is 309 g/mol. The Balaban J connectivity index is 2.10. The van der Waals surface area contributed by atoms with E-state index in [1.54, 1.807) is 12.1 Å². The summed E-state index contributed by atoms with van der Waals surface area (Å²) in [6.45, 7) is 1.66. The van der Waals surface area contributed by atoms with Crippen molar-refractivity contribution in [3.05, 3.63) is 27.7 Å². The van der Waals surface area contributed by atoms with Crippen LogP contribution < -0.4 is 4.74 Å². The van der Waals surface area contributed by atoms with Gasteiger partial charge in [-0.2, -0.15) is 0 Å². The maximum absolute atomic E-state index is 11.4. The van der Waals surface area contributed by atoms with Crippen molar-refractivity contribution >= 4 is 33.0 Å². The fourth-order valence-corrected chi connectivity index (χ4v) is 3.75. The van der Waals surface area contributed by atoms with Crippen LogP contribution in [0.1, 0.15) is 5.56 Å². The minimum atomic E-state index is -2.86. The van der Waals surface area contributed by atoms with Gasteiger partial charge in [-0.3, -0.25) is 4.90 Å². The van der Waals surface area contributed by atoms with Crippen LogP contribution in [-0.4, -0.2) is 45.0 Å². The zero-order chi connectivity index (χ0) is 14.0. The predicted molar refractivity (Wildman–Crippen MR) is 76.9 cm³/mol. The van der Waals surface area contributed by atoms with Crippen molar-refractivity contribution in [2.24, 2.45) is 0 Å². The van der Waals surface area contributed by atoms with Crippen molar-refractivity contribution in [1.29, 1.82) is 0 Å². The smallest absolute Gasteiger partial charge is 0.152 e. The first-order valence-corrected chi connectivity index (χ1v) is 8.44. The molecule has 4 nitrogen and oxygen atoms in total. The molecular formula is C12H15Cl2NO3S. The Morgan fingerprint density at radius 2 is 1.84 bits per heavy atom. The number of rotatable bonds is 3. The van der Waals surface area contributed by atoms with E-state index in [9.17, 15) is 8.42 Å². The molecule has 0 saturated carbocycles. The lowest BCUT2D eigenvalue weighted by molar-refractivity contribution is 0.287. The topological polar surface area (TPSA) is 46.6 Å². The lowest BCUT2D eigenvalue weighted by Crippen LogP contribution is -2.39. The number of nitrogens with zero attached hydrogens (tertiary/aromatic N) is 1. The molecule has 19 heavy (non-hydrogen) atoms. The maximum Gasteiger partial charge on any atom is 0.152 e. The van der Waals surface area contributed by atoms with Gasteiger partial charge in [-0.1, -0.05) is 23.2 Å². The van der Waals surface area contributed by atoms with Gasteiger partial charge in [-0.25, -0.2) is 8.42 Å². The third-order valence-corrected chi connectivity index (χ3v) is 5.41. The highest BCUT2D eigenvalue weighted by atomic mass is 35.5. The van der Waals surface area contributed by atoms with Crippen molar-refractivity contribution in [2.75, 3.05) is 31.7 Å². The molecule has 1 heterocycles. The summed E-state index contributed by atoms with van der Waals surface area (Å²) >= 11 is 12.2. The minimum absolute atomic E-state index is 0.203. The second kappa shape index (κ2) is 5.87. The van der Waals surface area contributed by atoms with E-state index in [0.29, 0.717) is 35.4 Å². The molecule has 106 valence electrons. The highest BCUT2D eigenvalue weighted by Gasteiger charge is 2.22. The van der Waals surface area contributed by atoms with Gasteiger partial charge in [0.1, 0.15) is 5.75 Å². The Labute approximate surface area is 123 Å². The number of methoxy groups -OCH3 is 1. The largest absolute Gasteiger partial charge is 0.495 e. The van der Waals surface area contributed by atoms with Gasteiger partial charge in [-0.15, -0.1) is 0 Å². The van der Waals surface area contributed by atoms with E-state index in [2.05, 4.69) is 4.90 Å². The summed E-state index contributed by atoms with van der Waals surface area (Å²) in [6.07, 6.45) is 0. The molecule has 0 aromatic heterocycles. The van der Waals surface area contributed by atoms with Crippen LogP contribution in [0.2, 0.25) is 10.0 Å². The van der Waals surface area contributed by atoms with Crippen molar-refractivity contribution in [3.8, 4) is 5.75 Å². The summed E-state index contributed by atoms with van der Waals surface area (Å²) < 4.78 is 27.8. The van der Waals surface area contributed by atoms with E-state index >= 15 is 0 Å².